The van der Waals surface area contributed by atoms with Crippen molar-refractivity contribution in [2.24, 2.45) is 0 Å². The van der Waals surface area contributed by atoms with Crippen LogP contribution in [0.3, 0.4) is 0 Å². The molecule has 0 bridgehead atoms. The molecular weight excluding hydrogens is 338 g/mol. The third-order valence-corrected chi connectivity index (χ3v) is 4.06. The molecular formula is C18H19N3O5. The standard InChI is InChI=1S/C18H19N3O5/c1-3-12-19(15-8-10-17(11-9-15)21(25)26)18(22)13(2)14-4-6-16(7-5-14)20(23)24/h4-11,13H,3,12H2,1-2H3. The fourth-order valence-corrected chi connectivity index (χ4v) is 2.61. The van der Waals surface area contributed by atoms with Gasteiger partial charge in [0.1, 0.15) is 0 Å². The number of non-ortho nitro benzene ring substituents is 2. The van der Waals surface area contributed by atoms with Gasteiger partial charge in [-0.1, -0.05) is 19.1 Å². The lowest BCUT2D eigenvalue weighted by molar-refractivity contribution is -0.385. The topological polar surface area (TPSA) is 107 Å². The van der Waals surface area contributed by atoms with Gasteiger partial charge < -0.3 is 4.90 Å². The summed E-state index contributed by atoms with van der Waals surface area (Å²) < 4.78 is 0. The van der Waals surface area contributed by atoms with E-state index in [2.05, 4.69) is 0 Å². The van der Waals surface area contributed by atoms with E-state index < -0.39 is 15.8 Å². The van der Waals surface area contributed by atoms with Gasteiger partial charge in [0.25, 0.3) is 11.4 Å². The monoisotopic (exact) mass is 357 g/mol. The molecule has 0 N–H and O–H groups in total. The van der Waals surface area contributed by atoms with Crippen molar-refractivity contribution in [3.8, 4) is 0 Å². The molecule has 0 spiro atoms. The molecule has 136 valence electrons. The van der Waals surface area contributed by atoms with E-state index >= 15 is 0 Å². The maximum absolute atomic E-state index is 12.9. The summed E-state index contributed by atoms with van der Waals surface area (Å²) in [5, 5.41) is 21.5. The van der Waals surface area contributed by atoms with Crippen LogP contribution in [0.4, 0.5) is 17.1 Å². The number of anilines is 1. The molecule has 0 aromatic heterocycles. The molecule has 2 aromatic carbocycles. The molecule has 1 unspecified atom stereocenters. The molecule has 2 aromatic rings. The van der Waals surface area contributed by atoms with Crippen molar-refractivity contribution in [3.05, 3.63) is 74.3 Å². The highest BCUT2D eigenvalue weighted by molar-refractivity contribution is 5.98. The van der Waals surface area contributed by atoms with Crippen molar-refractivity contribution < 1.29 is 14.6 Å². The van der Waals surface area contributed by atoms with Crippen molar-refractivity contribution in [2.75, 3.05) is 11.4 Å². The highest BCUT2D eigenvalue weighted by Gasteiger charge is 2.23. The van der Waals surface area contributed by atoms with E-state index in [1.54, 1.807) is 36.1 Å². The van der Waals surface area contributed by atoms with Gasteiger partial charge in [-0.15, -0.1) is 0 Å². The quantitative estimate of drug-likeness (QED) is 0.549. The molecule has 0 fully saturated rings. The van der Waals surface area contributed by atoms with Crippen LogP contribution in [-0.2, 0) is 4.79 Å². The van der Waals surface area contributed by atoms with E-state index in [4.69, 9.17) is 0 Å². The molecule has 8 nitrogen and oxygen atoms in total. The number of rotatable bonds is 7. The molecule has 0 aliphatic carbocycles. The minimum atomic E-state index is -0.502. The van der Waals surface area contributed by atoms with Gasteiger partial charge in [-0.2, -0.15) is 0 Å². The van der Waals surface area contributed by atoms with Gasteiger partial charge in [0.15, 0.2) is 0 Å². The maximum atomic E-state index is 12.9. The van der Waals surface area contributed by atoms with E-state index in [-0.39, 0.29) is 17.3 Å². The Kier molecular flexibility index (Phi) is 6.00. The summed E-state index contributed by atoms with van der Waals surface area (Å²) in [4.78, 5) is 35.1. The zero-order valence-electron chi connectivity index (χ0n) is 14.5. The summed E-state index contributed by atoms with van der Waals surface area (Å²) in [5.74, 6) is -0.674. The van der Waals surface area contributed by atoms with Crippen LogP contribution >= 0.6 is 0 Å². The van der Waals surface area contributed by atoms with E-state index in [1.807, 2.05) is 6.92 Å². The molecule has 0 saturated heterocycles. The molecule has 0 heterocycles. The van der Waals surface area contributed by atoms with Crippen LogP contribution < -0.4 is 4.90 Å². The van der Waals surface area contributed by atoms with Crippen LogP contribution in [0.25, 0.3) is 0 Å². The number of amides is 1. The smallest absolute Gasteiger partial charge is 0.269 e. The Morgan fingerprint density at radius 2 is 1.42 bits per heavy atom. The summed E-state index contributed by atoms with van der Waals surface area (Å²) in [5.41, 5.74) is 1.18. The van der Waals surface area contributed by atoms with E-state index in [0.29, 0.717) is 17.8 Å². The Balaban J connectivity index is 2.26. The van der Waals surface area contributed by atoms with Gasteiger partial charge >= 0.3 is 0 Å². The van der Waals surface area contributed by atoms with Gasteiger partial charge in [0.2, 0.25) is 5.91 Å². The SMILES string of the molecule is CCCN(C(=O)C(C)c1ccc([N+](=O)[O-])cc1)c1ccc([N+](=O)[O-])cc1. The average molecular weight is 357 g/mol. The fourth-order valence-electron chi connectivity index (χ4n) is 2.61. The van der Waals surface area contributed by atoms with E-state index in [9.17, 15) is 25.0 Å². The van der Waals surface area contributed by atoms with E-state index in [0.717, 1.165) is 6.42 Å². The van der Waals surface area contributed by atoms with Crippen molar-refractivity contribution >= 4 is 23.0 Å². The minimum Gasteiger partial charge on any atom is -0.312 e. The lowest BCUT2D eigenvalue weighted by Crippen LogP contribution is -2.35. The summed E-state index contributed by atoms with van der Waals surface area (Å²) in [6.07, 6.45) is 0.718. The molecule has 2 rings (SSSR count). The van der Waals surface area contributed by atoms with Crippen LogP contribution in [0.5, 0.6) is 0 Å². The largest absolute Gasteiger partial charge is 0.312 e. The Morgan fingerprint density at radius 3 is 1.85 bits per heavy atom. The zero-order valence-corrected chi connectivity index (χ0v) is 14.5. The third kappa shape index (κ3) is 4.21. The number of benzene rings is 2. The summed E-state index contributed by atoms with van der Waals surface area (Å²) in [7, 11) is 0. The highest BCUT2D eigenvalue weighted by atomic mass is 16.6. The first kappa shape index (κ1) is 19.0. The number of carbonyl (C=O) groups is 1. The van der Waals surface area contributed by atoms with Gasteiger partial charge in [0, 0.05) is 36.5 Å². The molecule has 8 heteroatoms. The first-order valence-corrected chi connectivity index (χ1v) is 8.15. The second-order valence-electron chi connectivity index (χ2n) is 5.83. The number of hydrogen-bond acceptors (Lipinski definition) is 5. The second kappa shape index (κ2) is 8.19. The van der Waals surface area contributed by atoms with Crippen molar-refractivity contribution in [1.29, 1.82) is 0 Å². The number of nitro benzene ring substituents is 2. The Bertz CT molecular complexity index is 803. The van der Waals surface area contributed by atoms with Crippen LogP contribution in [0, 0.1) is 20.2 Å². The van der Waals surface area contributed by atoms with Crippen molar-refractivity contribution in [3.63, 3.8) is 0 Å². The van der Waals surface area contributed by atoms with Crippen LogP contribution in [0.15, 0.2) is 48.5 Å². The van der Waals surface area contributed by atoms with Crippen LogP contribution in [-0.4, -0.2) is 22.3 Å². The molecule has 1 amide bonds. The molecule has 0 aliphatic heterocycles. The Hall–Kier alpha value is -3.29. The normalized spacial score (nSPS) is 11.6. The Morgan fingerprint density at radius 1 is 0.962 bits per heavy atom. The number of nitro groups is 2. The highest BCUT2D eigenvalue weighted by Crippen LogP contribution is 2.26. The maximum Gasteiger partial charge on any atom is 0.269 e. The number of hydrogen-bond donors (Lipinski definition) is 0. The predicted molar refractivity (Wildman–Crippen MR) is 97.3 cm³/mol. The summed E-state index contributed by atoms with van der Waals surface area (Å²) in [6.45, 7) is 4.13. The average Bonchev–Trinajstić information content (AvgIpc) is 2.65. The molecule has 1 atom stereocenters. The molecule has 0 radical (unpaired) electrons. The Labute approximate surface area is 150 Å². The predicted octanol–water partition coefficient (Wildman–Crippen LogP) is 4.05. The van der Waals surface area contributed by atoms with Gasteiger partial charge in [-0.25, -0.2) is 0 Å². The summed E-state index contributed by atoms with van der Waals surface area (Å²) >= 11 is 0. The zero-order chi connectivity index (χ0) is 19.3. The first-order valence-electron chi connectivity index (χ1n) is 8.15. The van der Waals surface area contributed by atoms with Crippen molar-refractivity contribution in [1.82, 2.24) is 0 Å². The van der Waals surface area contributed by atoms with E-state index in [1.165, 1.54) is 24.3 Å². The van der Waals surface area contributed by atoms with Crippen molar-refractivity contribution in [2.45, 2.75) is 26.2 Å². The number of nitrogens with zero attached hydrogens (tertiary/aromatic N) is 3. The lowest BCUT2D eigenvalue weighted by Gasteiger charge is -2.25. The number of carbonyl (C=O) groups excluding carboxylic acids is 1. The van der Waals surface area contributed by atoms with Crippen LogP contribution in [0.1, 0.15) is 31.7 Å². The fraction of sp³-hybridized carbons (Fsp3) is 0.278. The van der Waals surface area contributed by atoms with Crippen LogP contribution in [0.2, 0.25) is 0 Å². The van der Waals surface area contributed by atoms with Gasteiger partial charge in [-0.3, -0.25) is 25.0 Å². The minimum absolute atomic E-state index is 0.0332. The summed E-state index contributed by atoms with van der Waals surface area (Å²) in [6, 6.07) is 11.7. The van der Waals surface area contributed by atoms with Gasteiger partial charge in [-0.05, 0) is 31.0 Å². The molecule has 26 heavy (non-hydrogen) atoms. The van der Waals surface area contributed by atoms with Gasteiger partial charge in [0.05, 0.1) is 15.8 Å². The molecule has 0 saturated carbocycles. The third-order valence-electron chi connectivity index (χ3n) is 4.06. The second-order valence-corrected chi connectivity index (χ2v) is 5.83. The first-order chi connectivity index (χ1) is 12.3. The lowest BCUT2D eigenvalue weighted by atomic mass is 9.99. The molecule has 0 aliphatic rings.